The first-order valence-corrected chi connectivity index (χ1v) is 16.2. The number of allylic oxidation sites excluding steroid dienone is 4. The van der Waals surface area contributed by atoms with Crippen molar-refractivity contribution >= 4 is 17.7 Å². The standard InChI is InChI=1S/C34H60O6/c1-4-5-6-7-9-14-19-24-31(35)25-20-15-12-17-22-27-34(38)40-29-32(36)28-39-33(37)26-21-16-11-8-10-13-18-23-30(2)3/h9,14,19,24,30,32,36H,4-8,10-13,15-18,20-23,25-29H2,1-3H3/b14-9-,24-19+/t32-/m1/s1. The van der Waals surface area contributed by atoms with Gasteiger partial charge in [-0.25, -0.2) is 0 Å². The van der Waals surface area contributed by atoms with Crippen molar-refractivity contribution in [1.29, 1.82) is 0 Å². The van der Waals surface area contributed by atoms with E-state index < -0.39 is 6.10 Å². The first kappa shape index (κ1) is 38.0. The lowest BCUT2D eigenvalue weighted by Crippen LogP contribution is -2.25. The van der Waals surface area contributed by atoms with Gasteiger partial charge < -0.3 is 14.6 Å². The van der Waals surface area contributed by atoms with Gasteiger partial charge in [-0.1, -0.05) is 116 Å². The third-order valence-electron chi connectivity index (χ3n) is 6.84. The fourth-order valence-corrected chi connectivity index (χ4v) is 4.31. The molecule has 0 aromatic rings. The number of rotatable bonds is 28. The van der Waals surface area contributed by atoms with Crippen molar-refractivity contribution in [2.75, 3.05) is 13.2 Å². The zero-order valence-electron chi connectivity index (χ0n) is 26.0. The average molecular weight is 565 g/mol. The highest BCUT2D eigenvalue weighted by atomic mass is 16.6. The highest BCUT2D eigenvalue weighted by Gasteiger charge is 2.12. The predicted molar refractivity (Wildman–Crippen MR) is 164 cm³/mol. The zero-order chi connectivity index (χ0) is 29.7. The molecule has 0 heterocycles. The second-order valence-electron chi connectivity index (χ2n) is 11.4. The predicted octanol–water partition coefficient (Wildman–Crippen LogP) is 8.59. The van der Waals surface area contributed by atoms with Crippen molar-refractivity contribution in [3.05, 3.63) is 24.3 Å². The van der Waals surface area contributed by atoms with E-state index in [-0.39, 0.29) is 30.9 Å². The van der Waals surface area contributed by atoms with Crippen LogP contribution in [0, 0.1) is 5.92 Å². The van der Waals surface area contributed by atoms with Gasteiger partial charge in [-0.3, -0.25) is 14.4 Å². The molecular weight excluding hydrogens is 504 g/mol. The summed E-state index contributed by atoms with van der Waals surface area (Å²) in [5.74, 6) is 0.282. The van der Waals surface area contributed by atoms with E-state index in [0.717, 1.165) is 63.7 Å². The fraction of sp³-hybridized carbons (Fsp3) is 0.794. The summed E-state index contributed by atoms with van der Waals surface area (Å²) in [6.07, 6.45) is 26.3. The van der Waals surface area contributed by atoms with Crippen molar-refractivity contribution in [2.24, 2.45) is 5.92 Å². The molecule has 0 unspecified atom stereocenters. The zero-order valence-corrected chi connectivity index (χ0v) is 26.0. The van der Waals surface area contributed by atoms with Crippen LogP contribution < -0.4 is 0 Å². The Morgan fingerprint density at radius 2 is 1.15 bits per heavy atom. The number of ketones is 1. The minimum absolute atomic E-state index is 0.148. The van der Waals surface area contributed by atoms with Crippen LogP contribution in [0.15, 0.2) is 24.3 Å². The number of carbonyl (C=O) groups is 3. The summed E-state index contributed by atoms with van der Waals surface area (Å²) in [5.41, 5.74) is 0. The van der Waals surface area contributed by atoms with Gasteiger partial charge in [0.1, 0.15) is 19.3 Å². The Labute approximate surface area is 245 Å². The largest absolute Gasteiger partial charge is 0.463 e. The second-order valence-corrected chi connectivity index (χ2v) is 11.4. The summed E-state index contributed by atoms with van der Waals surface area (Å²) in [6.45, 7) is 6.40. The Bertz CT molecular complexity index is 682. The Morgan fingerprint density at radius 3 is 1.68 bits per heavy atom. The van der Waals surface area contributed by atoms with Crippen LogP contribution in [0.4, 0.5) is 0 Å². The van der Waals surface area contributed by atoms with Gasteiger partial charge in [-0.2, -0.15) is 0 Å². The highest BCUT2D eigenvalue weighted by Crippen LogP contribution is 2.13. The normalized spacial score (nSPS) is 12.4. The summed E-state index contributed by atoms with van der Waals surface area (Å²) in [6, 6.07) is 0. The molecule has 0 aromatic heterocycles. The summed E-state index contributed by atoms with van der Waals surface area (Å²) in [7, 11) is 0. The lowest BCUT2D eigenvalue weighted by Gasteiger charge is -2.12. The molecule has 1 N–H and O–H groups in total. The van der Waals surface area contributed by atoms with E-state index in [1.165, 1.54) is 51.4 Å². The first-order chi connectivity index (χ1) is 19.3. The molecule has 0 rings (SSSR count). The van der Waals surface area contributed by atoms with Gasteiger partial charge in [-0.15, -0.1) is 0 Å². The van der Waals surface area contributed by atoms with E-state index in [4.69, 9.17) is 9.47 Å². The van der Waals surface area contributed by atoms with Crippen LogP contribution in [0.3, 0.4) is 0 Å². The summed E-state index contributed by atoms with van der Waals surface area (Å²) >= 11 is 0. The Balaban J connectivity index is 3.57. The number of esters is 2. The molecule has 40 heavy (non-hydrogen) atoms. The van der Waals surface area contributed by atoms with Crippen molar-refractivity contribution in [3.63, 3.8) is 0 Å². The maximum atomic E-state index is 11.9. The lowest BCUT2D eigenvalue weighted by molar-refractivity contribution is -0.152. The number of ether oxygens (including phenoxy) is 2. The van der Waals surface area contributed by atoms with E-state index in [2.05, 4.69) is 26.8 Å². The molecule has 6 nitrogen and oxygen atoms in total. The first-order valence-electron chi connectivity index (χ1n) is 16.2. The monoisotopic (exact) mass is 564 g/mol. The van der Waals surface area contributed by atoms with Crippen LogP contribution in [-0.2, 0) is 23.9 Å². The van der Waals surface area contributed by atoms with Gasteiger partial charge in [-0.05, 0) is 44.1 Å². The topological polar surface area (TPSA) is 89.9 Å². The summed E-state index contributed by atoms with van der Waals surface area (Å²) in [4.78, 5) is 35.6. The number of carbonyl (C=O) groups excluding carboxylic acids is 3. The summed E-state index contributed by atoms with van der Waals surface area (Å²) < 4.78 is 10.2. The molecule has 0 saturated heterocycles. The molecule has 0 aliphatic heterocycles. The second kappa shape index (κ2) is 28.6. The molecule has 0 spiro atoms. The van der Waals surface area contributed by atoms with Crippen LogP contribution in [0.5, 0.6) is 0 Å². The number of hydrogen-bond acceptors (Lipinski definition) is 6. The van der Waals surface area contributed by atoms with Crippen LogP contribution in [0.2, 0.25) is 0 Å². The summed E-state index contributed by atoms with van der Waals surface area (Å²) in [5, 5.41) is 9.93. The van der Waals surface area contributed by atoms with E-state index in [1.54, 1.807) is 6.08 Å². The van der Waals surface area contributed by atoms with Crippen LogP contribution in [0.1, 0.15) is 149 Å². The minimum Gasteiger partial charge on any atom is -0.463 e. The molecule has 0 aliphatic rings. The smallest absolute Gasteiger partial charge is 0.305 e. The molecule has 232 valence electrons. The van der Waals surface area contributed by atoms with E-state index in [0.29, 0.717) is 19.3 Å². The molecule has 1 atom stereocenters. The molecule has 0 amide bonds. The van der Waals surface area contributed by atoms with Crippen molar-refractivity contribution < 1.29 is 29.0 Å². The lowest BCUT2D eigenvalue weighted by atomic mass is 10.0. The maximum absolute atomic E-state index is 11.9. The van der Waals surface area contributed by atoms with E-state index in [1.807, 2.05) is 12.2 Å². The van der Waals surface area contributed by atoms with Crippen LogP contribution >= 0.6 is 0 Å². The number of hydrogen-bond donors (Lipinski definition) is 1. The van der Waals surface area contributed by atoms with Crippen molar-refractivity contribution in [3.8, 4) is 0 Å². The quantitative estimate of drug-likeness (QED) is 0.0443. The highest BCUT2D eigenvalue weighted by molar-refractivity contribution is 5.89. The van der Waals surface area contributed by atoms with Crippen LogP contribution in [0.25, 0.3) is 0 Å². The number of unbranched alkanes of at least 4 members (excludes halogenated alkanes) is 13. The fourth-order valence-electron chi connectivity index (χ4n) is 4.31. The van der Waals surface area contributed by atoms with Gasteiger partial charge in [0.25, 0.3) is 0 Å². The molecular formula is C34H60O6. The van der Waals surface area contributed by atoms with Gasteiger partial charge in [0, 0.05) is 19.3 Å². The van der Waals surface area contributed by atoms with Crippen LogP contribution in [-0.4, -0.2) is 42.1 Å². The molecule has 0 aromatic carbocycles. The molecule has 6 heteroatoms. The van der Waals surface area contributed by atoms with Gasteiger partial charge >= 0.3 is 11.9 Å². The van der Waals surface area contributed by atoms with Crippen molar-refractivity contribution in [2.45, 2.75) is 155 Å². The molecule has 0 aliphatic carbocycles. The Hall–Kier alpha value is -1.95. The van der Waals surface area contributed by atoms with E-state index in [9.17, 15) is 19.5 Å². The minimum atomic E-state index is -0.998. The Morgan fingerprint density at radius 1 is 0.650 bits per heavy atom. The molecule has 0 radical (unpaired) electrons. The SMILES string of the molecule is CCCCC/C=C\C=C\C(=O)CCCCCCCC(=O)OC[C@H](O)COC(=O)CCCCCCCCCC(C)C. The third-order valence-corrected chi connectivity index (χ3v) is 6.84. The van der Waals surface area contributed by atoms with Gasteiger partial charge in [0.15, 0.2) is 5.78 Å². The number of aliphatic hydroxyl groups excluding tert-OH is 1. The van der Waals surface area contributed by atoms with Gasteiger partial charge in [0.05, 0.1) is 0 Å². The maximum Gasteiger partial charge on any atom is 0.305 e. The third kappa shape index (κ3) is 29.0. The van der Waals surface area contributed by atoms with Crippen molar-refractivity contribution in [1.82, 2.24) is 0 Å². The Kier molecular flexibility index (Phi) is 27.2. The molecule has 0 saturated carbocycles. The molecule has 0 bridgehead atoms. The van der Waals surface area contributed by atoms with E-state index >= 15 is 0 Å². The average Bonchev–Trinajstić information content (AvgIpc) is 2.92. The molecule has 0 fully saturated rings. The number of aliphatic hydroxyl groups is 1. The van der Waals surface area contributed by atoms with Gasteiger partial charge in [0.2, 0.25) is 0 Å².